The quantitative estimate of drug-likeness (QED) is 0.732. The number of alkyl halides is 3. The molecule has 0 aromatic carbocycles. The van der Waals surface area contributed by atoms with Crippen molar-refractivity contribution in [3.63, 3.8) is 0 Å². The lowest BCUT2D eigenvalue weighted by molar-refractivity contribution is -0.139. The van der Waals surface area contributed by atoms with Crippen LogP contribution in [0.25, 0.3) is 0 Å². The summed E-state index contributed by atoms with van der Waals surface area (Å²) < 4.78 is 35.7. The van der Waals surface area contributed by atoms with Crippen molar-refractivity contribution in [1.29, 1.82) is 0 Å². The van der Waals surface area contributed by atoms with Crippen molar-refractivity contribution in [2.75, 3.05) is 6.54 Å². The van der Waals surface area contributed by atoms with Crippen LogP contribution in [-0.4, -0.2) is 24.3 Å². The van der Waals surface area contributed by atoms with Gasteiger partial charge in [-0.3, -0.25) is 0 Å². The maximum atomic E-state index is 11.9. The number of halogens is 3. The normalized spacial score (nSPS) is 15.6. The summed E-state index contributed by atoms with van der Waals surface area (Å²) in [5.74, 6) is 0. The van der Waals surface area contributed by atoms with Crippen LogP contribution < -0.4 is 11.1 Å². The lowest BCUT2D eigenvalue weighted by Crippen LogP contribution is -2.39. The Hall–Kier alpha value is -0.290. The highest BCUT2D eigenvalue weighted by Crippen LogP contribution is 2.21. The number of nitrogens with one attached hydrogen (secondary N) is 1. The lowest BCUT2D eigenvalue weighted by Gasteiger charge is -2.21. The molecule has 5 heteroatoms. The molecule has 0 saturated heterocycles. The smallest absolute Gasteiger partial charge is 0.326 e. The second-order valence-electron chi connectivity index (χ2n) is 4.41. The summed E-state index contributed by atoms with van der Waals surface area (Å²) in [7, 11) is 0. The van der Waals surface area contributed by atoms with Gasteiger partial charge in [-0.2, -0.15) is 13.2 Å². The number of nitrogens with two attached hydrogens (primary N) is 1. The van der Waals surface area contributed by atoms with E-state index >= 15 is 0 Å². The molecule has 0 heterocycles. The van der Waals surface area contributed by atoms with Crippen LogP contribution in [0.5, 0.6) is 0 Å². The Morgan fingerprint density at radius 1 is 1.29 bits per heavy atom. The van der Waals surface area contributed by atoms with Gasteiger partial charge in [-0.1, -0.05) is 0 Å². The molecule has 0 radical (unpaired) electrons. The highest BCUT2D eigenvalue weighted by molar-refractivity contribution is 4.74. The van der Waals surface area contributed by atoms with Gasteiger partial charge in [0.2, 0.25) is 0 Å². The second kappa shape index (κ2) is 4.98. The molecule has 0 fully saturated rings. The molecule has 0 aromatic heterocycles. The van der Waals surface area contributed by atoms with Gasteiger partial charge in [-0.05, 0) is 33.7 Å². The van der Waals surface area contributed by atoms with E-state index in [2.05, 4.69) is 5.32 Å². The molecule has 0 aliphatic heterocycles. The molecule has 1 atom stereocenters. The van der Waals surface area contributed by atoms with Crippen molar-refractivity contribution in [1.82, 2.24) is 5.32 Å². The van der Waals surface area contributed by atoms with Gasteiger partial charge in [0.15, 0.2) is 0 Å². The fourth-order valence-corrected chi connectivity index (χ4v) is 1.06. The van der Waals surface area contributed by atoms with Crippen LogP contribution in [0.4, 0.5) is 13.2 Å². The van der Waals surface area contributed by atoms with E-state index in [1.807, 2.05) is 13.8 Å². The molecular weight excluding hydrogens is 193 g/mol. The van der Waals surface area contributed by atoms with E-state index in [4.69, 9.17) is 5.73 Å². The summed E-state index contributed by atoms with van der Waals surface area (Å²) in [4.78, 5) is 0. The summed E-state index contributed by atoms with van der Waals surface area (Å²) in [6, 6.07) is -0.544. The SMILES string of the molecule is CC(CC(F)(F)F)NCCC(C)(C)N. The molecule has 2 nitrogen and oxygen atoms in total. The summed E-state index contributed by atoms with van der Waals surface area (Å²) in [5, 5.41) is 2.80. The molecule has 1 unspecified atom stereocenters. The molecule has 0 rings (SSSR count). The van der Waals surface area contributed by atoms with Crippen LogP contribution in [-0.2, 0) is 0 Å². The van der Waals surface area contributed by atoms with Crippen LogP contribution in [0.3, 0.4) is 0 Å². The van der Waals surface area contributed by atoms with Crippen molar-refractivity contribution >= 4 is 0 Å². The molecule has 0 bridgehead atoms. The summed E-state index contributed by atoms with van der Waals surface area (Å²) in [5.41, 5.74) is 5.36. The first-order valence-corrected chi connectivity index (χ1v) is 4.69. The summed E-state index contributed by atoms with van der Waals surface area (Å²) in [6.45, 7) is 5.74. The molecule has 0 saturated carbocycles. The predicted octanol–water partition coefficient (Wildman–Crippen LogP) is 2.04. The lowest BCUT2D eigenvalue weighted by atomic mass is 10.0. The zero-order chi connectivity index (χ0) is 11.4. The fourth-order valence-electron chi connectivity index (χ4n) is 1.06. The van der Waals surface area contributed by atoms with Gasteiger partial charge < -0.3 is 11.1 Å². The second-order valence-corrected chi connectivity index (χ2v) is 4.41. The first-order chi connectivity index (χ1) is 6.10. The summed E-state index contributed by atoms with van der Waals surface area (Å²) in [6.07, 6.45) is -4.22. The van der Waals surface area contributed by atoms with Crippen LogP contribution >= 0.6 is 0 Å². The van der Waals surface area contributed by atoms with Gasteiger partial charge in [0.25, 0.3) is 0 Å². The Kier molecular flexibility index (Phi) is 4.88. The van der Waals surface area contributed by atoms with Crippen LogP contribution in [0.2, 0.25) is 0 Å². The molecule has 3 N–H and O–H groups in total. The van der Waals surface area contributed by atoms with E-state index in [0.717, 1.165) is 0 Å². The highest BCUT2D eigenvalue weighted by Gasteiger charge is 2.29. The Labute approximate surface area is 83.0 Å². The minimum atomic E-state index is -4.09. The van der Waals surface area contributed by atoms with Gasteiger partial charge in [0.05, 0.1) is 6.42 Å². The maximum Gasteiger partial charge on any atom is 0.390 e. The zero-order valence-corrected chi connectivity index (χ0v) is 8.91. The molecule has 0 spiro atoms. The van der Waals surface area contributed by atoms with Gasteiger partial charge in [-0.15, -0.1) is 0 Å². The van der Waals surface area contributed by atoms with Crippen LogP contribution in [0.1, 0.15) is 33.6 Å². The van der Waals surface area contributed by atoms with E-state index in [1.54, 1.807) is 0 Å². The third-order valence-electron chi connectivity index (χ3n) is 1.80. The first-order valence-electron chi connectivity index (χ1n) is 4.69. The van der Waals surface area contributed by atoms with Crippen molar-refractivity contribution in [3.05, 3.63) is 0 Å². The van der Waals surface area contributed by atoms with Gasteiger partial charge in [0, 0.05) is 11.6 Å². The van der Waals surface area contributed by atoms with Crippen molar-refractivity contribution in [2.45, 2.75) is 51.4 Å². The van der Waals surface area contributed by atoms with E-state index in [-0.39, 0.29) is 5.54 Å². The minimum Gasteiger partial charge on any atom is -0.326 e. The molecule has 14 heavy (non-hydrogen) atoms. The average molecular weight is 212 g/mol. The minimum absolute atomic E-state index is 0.328. The fraction of sp³-hybridized carbons (Fsp3) is 1.00. The molecule has 0 aliphatic rings. The van der Waals surface area contributed by atoms with Crippen molar-refractivity contribution in [2.24, 2.45) is 5.73 Å². The van der Waals surface area contributed by atoms with Crippen molar-refractivity contribution in [3.8, 4) is 0 Å². The standard InChI is InChI=1S/C9H19F3N2/c1-7(6-9(10,11)12)14-5-4-8(2,3)13/h7,14H,4-6,13H2,1-3H3. The molecular formula is C9H19F3N2. The Bertz CT molecular complexity index is 160. The summed E-state index contributed by atoms with van der Waals surface area (Å²) >= 11 is 0. The topological polar surface area (TPSA) is 38.0 Å². The molecule has 0 aromatic rings. The van der Waals surface area contributed by atoms with E-state index < -0.39 is 18.6 Å². The van der Waals surface area contributed by atoms with Gasteiger partial charge in [-0.25, -0.2) is 0 Å². The molecule has 0 amide bonds. The Morgan fingerprint density at radius 3 is 2.14 bits per heavy atom. The largest absolute Gasteiger partial charge is 0.390 e. The van der Waals surface area contributed by atoms with Crippen LogP contribution in [0, 0.1) is 0 Å². The maximum absolute atomic E-state index is 11.9. The average Bonchev–Trinajstić information content (AvgIpc) is 1.78. The van der Waals surface area contributed by atoms with Crippen molar-refractivity contribution < 1.29 is 13.2 Å². The number of hydrogen-bond donors (Lipinski definition) is 2. The van der Waals surface area contributed by atoms with Crippen LogP contribution in [0.15, 0.2) is 0 Å². The third-order valence-corrected chi connectivity index (χ3v) is 1.80. The number of rotatable bonds is 5. The van der Waals surface area contributed by atoms with E-state index in [0.29, 0.717) is 13.0 Å². The van der Waals surface area contributed by atoms with Gasteiger partial charge in [0.1, 0.15) is 0 Å². The van der Waals surface area contributed by atoms with E-state index in [9.17, 15) is 13.2 Å². The first kappa shape index (κ1) is 13.7. The predicted molar refractivity (Wildman–Crippen MR) is 51.0 cm³/mol. The highest BCUT2D eigenvalue weighted by atomic mass is 19.4. The molecule has 86 valence electrons. The third kappa shape index (κ3) is 9.80. The van der Waals surface area contributed by atoms with E-state index in [1.165, 1.54) is 6.92 Å². The molecule has 0 aliphatic carbocycles. The number of hydrogen-bond acceptors (Lipinski definition) is 2. The monoisotopic (exact) mass is 212 g/mol. The van der Waals surface area contributed by atoms with Gasteiger partial charge >= 0.3 is 6.18 Å². The Balaban J connectivity index is 3.60. The zero-order valence-electron chi connectivity index (χ0n) is 8.91. The Morgan fingerprint density at radius 2 is 1.79 bits per heavy atom.